The van der Waals surface area contributed by atoms with Gasteiger partial charge in [-0.3, -0.25) is 4.57 Å². The maximum Gasteiger partial charge on any atom is 0.238 e. The molecule has 0 saturated carbocycles. The van der Waals surface area contributed by atoms with Crippen molar-refractivity contribution in [2.24, 2.45) is 0 Å². The van der Waals surface area contributed by atoms with E-state index in [9.17, 15) is 0 Å². The predicted molar refractivity (Wildman–Crippen MR) is 285 cm³/mol. The highest BCUT2D eigenvalue weighted by atomic mass is 15.2. The Hall–Kier alpha value is -9.39. The minimum Gasteiger partial charge on any atom is -0.309 e. The summed E-state index contributed by atoms with van der Waals surface area (Å²) >= 11 is 0. The highest BCUT2D eigenvalue weighted by molar-refractivity contribution is 6.23. The van der Waals surface area contributed by atoms with Gasteiger partial charge in [-0.05, 0) is 76.9 Å². The van der Waals surface area contributed by atoms with Crippen molar-refractivity contribution in [3.8, 4) is 62.4 Å². The molecule has 10 aromatic carbocycles. The highest BCUT2D eigenvalue weighted by Gasteiger charge is 2.24. The van der Waals surface area contributed by atoms with E-state index in [1.807, 2.05) is 18.2 Å². The Morgan fingerprint density at radius 2 is 0.667 bits per heavy atom. The lowest BCUT2D eigenvalue weighted by atomic mass is 9.99. The molecule has 0 fully saturated rings. The van der Waals surface area contributed by atoms with Gasteiger partial charge in [-0.15, -0.1) is 0 Å². The average Bonchev–Trinajstić information content (AvgIpc) is 4.07. The first kappa shape index (κ1) is 38.8. The first-order valence-electron chi connectivity index (χ1n) is 23.4. The number of hydrogen-bond donors (Lipinski definition) is 0. The van der Waals surface area contributed by atoms with Crippen molar-refractivity contribution in [3.05, 3.63) is 243 Å². The summed E-state index contributed by atoms with van der Waals surface area (Å²) < 4.78 is 7.04. The maximum absolute atomic E-state index is 5.51. The van der Waals surface area contributed by atoms with Crippen LogP contribution < -0.4 is 0 Å². The van der Waals surface area contributed by atoms with E-state index < -0.39 is 0 Å². The van der Waals surface area contributed by atoms with Gasteiger partial charge in [-0.2, -0.15) is 9.97 Å². The zero-order chi connectivity index (χ0) is 45.4. The summed E-state index contributed by atoms with van der Waals surface area (Å²) in [5.41, 5.74) is 15.1. The topological polar surface area (TPSA) is 53.5 Å². The second-order valence-corrected chi connectivity index (χ2v) is 17.6. The third-order valence-corrected chi connectivity index (χ3v) is 13.7. The number of nitrogens with zero attached hydrogens (tertiary/aromatic N) is 6. The molecule has 0 atom stereocenters. The second-order valence-electron chi connectivity index (χ2n) is 17.6. The Labute approximate surface area is 397 Å². The van der Waals surface area contributed by atoms with Crippen LogP contribution in [0.1, 0.15) is 0 Å². The summed E-state index contributed by atoms with van der Waals surface area (Å²) in [6, 6.07) is 86.3. The molecule has 0 amide bonds. The SMILES string of the molecule is c1ccc(-c2cccc(-c3cccc(-n4c5ccccc5c5ccc6c7ccccc7n(-c7nc(-c8ccccc8)nc(-c8ccc9c%10ccccc%10n(-c%10ccccc%10)c9c8)n7)c6c54)c3)c2)cc1. The largest absolute Gasteiger partial charge is 0.309 e. The van der Waals surface area contributed by atoms with Crippen LogP contribution in [-0.4, -0.2) is 28.7 Å². The van der Waals surface area contributed by atoms with Gasteiger partial charge >= 0.3 is 0 Å². The monoisotopic (exact) mass is 880 g/mol. The molecule has 6 nitrogen and oxygen atoms in total. The van der Waals surface area contributed by atoms with Crippen LogP contribution in [0.4, 0.5) is 0 Å². The van der Waals surface area contributed by atoms with E-state index in [1.165, 1.54) is 27.3 Å². The number of hydrogen-bond acceptors (Lipinski definition) is 3. The van der Waals surface area contributed by atoms with Crippen LogP contribution in [0.5, 0.6) is 0 Å². The molecule has 0 unspecified atom stereocenters. The first-order chi connectivity index (χ1) is 34.2. The number of aromatic nitrogens is 6. The van der Waals surface area contributed by atoms with E-state index in [2.05, 4.69) is 238 Å². The van der Waals surface area contributed by atoms with Gasteiger partial charge in [-0.25, -0.2) is 4.98 Å². The maximum atomic E-state index is 5.51. The van der Waals surface area contributed by atoms with Gasteiger partial charge in [0.05, 0.1) is 33.1 Å². The molecule has 14 aromatic rings. The lowest BCUT2D eigenvalue weighted by Crippen LogP contribution is -2.07. The van der Waals surface area contributed by atoms with Crippen molar-refractivity contribution in [1.82, 2.24) is 28.7 Å². The molecule has 0 bridgehead atoms. The summed E-state index contributed by atoms with van der Waals surface area (Å²) in [5.74, 6) is 1.74. The van der Waals surface area contributed by atoms with Gasteiger partial charge in [0.1, 0.15) is 0 Å². The normalized spacial score (nSPS) is 11.8. The molecule has 0 saturated heterocycles. The van der Waals surface area contributed by atoms with E-state index in [4.69, 9.17) is 15.0 Å². The summed E-state index contributed by atoms with van der Waals surface area (Å²) in [7, 11) is 0. The number of fused-ring (bicyclic) bond motifs is 10. The van der Waals surface area contributed by atoms with E-state index in [0.29, 0.717) is 17.6 Å². The van der Waals surface area contributed by atoms with Gasteiger partial charge in [0.15, 0.2) is 11.6 Å². The quantitative estimate of drug-likeness (QED) is 0.160. The van der Waals surface area contributed by atoms with Gasteiger partial charge < -0.3 is 9.13 Å². The fourth-order valence-corrected chi connectivity index (χ4v) is 10.6. The first-order valence-corrected chi connectivity index (χ1v) is 23.4. The third-order valence-electron chi connectivity index (χ3n) is 13.7. The molecule has 0 spiro atoms. The van der Waals surface area contributed by atoms with Crippen molar-refractivity contribution in [1.29, 1.82) is 0 Å². The van der Waals surface area contributed by atoms with E-state index >= 15 is 0 Å². The van der Waals surface area contributed by atoms with Crippen LogP contribution in [0.15, 0.2) is 243 Å². The second kappa shape index (κ2) is 15.6. The lowest BCUT2D eigenvalue weighted by molar-refractivity contribution is 0.953. The van der Waals surface area contributed by atoms with E-state index in [1.54, 1.807) is 0 Å². The Morgan fingerprint density at radius 1 is 0.232 bits per heavy atom. The summed E-state index contributed by atoms with van der Waals surface area (Å²) in [6.07, 6.45) is 0. The van der Waals surface area contributed by atoms with Crippen molar-refractivity contribution in [2.45, 2.75) is 0 Å². The Morgan fingerprint density at radius 3 is 1.33 bits per heavy atom. The van der Waals surface area contributed by atoms with E-state index in [-0.39, 0.29) is 0 Å². The third kappa shape index (κ3) is 6.23. The highest BCUT2D eigenvalue weighted by Crippen LogP contribution is 2.43. The molecule has 322 valence electrons. The molecule has 14 rings (SSSR count). The standard InChI is InChI=1S/C63H40N6/c1-4-18-41(19-5-1)43-22-16-23-44(38-43)45-24-17-27-48(39-45)68-56-32-14-11-29-50(56)53-36-37-54-51-30-12-15-33-57(51)69(60(54)59(53)68)63-65-61(42-20-6-2-7-21-42)64-62(66-63)46-34-35-52-49-28-10-13-31-55(49)67(58(52)40-46)47-25-8-3-9-26-47/h1-40H. The van der Waals surface area contributed by atoms with E-state index in [0.717, 1.165) is 82.9 Å². The van der Waals surface area contributed by atoms with Crippen molar-refractivity contribution >= 4 is 65.4 Å². The van der Waals surface area contributed by atoms with Crippen LogP contribution in [0.2, 0.25) is 0 Å². The molecule has 6 heteroatoms. The Balaban J connectivity index is 1.04. The lowest BCUT2D eigenvalue weighted by Gasteiger charge is -2.14. The summed E-state index contributed by atoms with van der Waals surface area (Å²) in [6.45, 7) is 0. The molecular weight excluding hydrogens is 841 g/mol. The fraction of sp³-hybridized carbons (Fsp3) is 0. The van der Waals surface area contributed by atoms with Gasteiger partial charge in [0.2, 0.25) is 5.95 Å². The summed E-state index contributed by atoms with van der Waals surface area (Å²) in [5, 5.41) is 6.92. The molecule has 4 heterocycles. The zero-order valence-electron chi connectivity index (χ0n) is 37.3. The van der Waals surface area contributed by atoms with Crippen LogP contribution in [0.3, 0.4) is 0 Å². The molecule has 0 aliphatic rings. The Kier molecular flexibility index (Phi) is 8.79. The average molecular weight is 881 g/mol. The van der Waals surface area contributed by atoms with Crippen molar-refractivity contribution < 1.29 is 0 Å². The van der Waals surface area contributed by atoms with Gasteiger partial charge in [-0.1, -0.05) is 188 Å². The molecular formula is C63H40N6. The molecule has 0 aliphatic heterocycles. The molecule has 69 heavy (non-hydrogen) atoms. The Bertz CT molecular complexity index is 4300. The van der Waals surface area contributed by atoms with Gasteiger partial charge in [0, 0.05) is 54.8 Å². The fourth-order valence-electron chi connectivity index (χ4n) is 10.6. The minimum absolute atomic E-state index is 0.546. The molecule has 0 N–H and O–H groups in total. The smallest absolute Gasteiger partial charge is 0.238 e. The zero-order valence-corrected chi connectivity index (χ0v) is 37.3. The minimum atomic E-state index is 0.546. The number of para-hydroxylation sites is 4. The number of rotatable bonds is 7. The van der Waals surface area contributed by atoms with Crippen molar-refractivity contribution in [2.75, 3.05) is 0 Å². The molecule has 4 aromatic heterocycles. The summed E-state index contributed by atoms with van der Waals surface area (Å²) in [4.78, 5) is 16.2. The number of benzene rings is 10. The van der Waals surface area contributed by atoms with Crippen LogP contribution in [0, 0.1) is 0 Å². The molecule has 0 aliphatic carbocycles. The molecule has 0 radical (unpaired) electrons. The van der Waals surface area contributed by atoms with Crippen molar-refractivity contribution in [3.63, 3.8) is 0 Å². The van der Waals surface area contributed by atoms with Gasteiger partial charge in [0.25, 0.3) is 0 Å². The van der Waals surface area contributed by atoms with Crippen LogP contribution in [0.25, 0.3) is 128 Å². The van der Waals surface area contributed by atoms with Crippen LogP contribution in [-0.2, 0) is 0 Å². The predicted octanol–water partition coefficient (Wildman–Crippen LogP) is 15.8. The van der Waals surface area contributed by atoms with Crippen LogP contribution >= 0.6 is 0 Å².